The number of carbonyl (C=O) groups is 1. The molecule has 0 aliphatic carbocycles. The minimum atomic E-state index is -1.47. The maximum Gasteiger partial charge on any atom is 0.330 e. The van der Waals surface area contributed by atoms with Crippen LogP contribution in [0.3, 0.4) is 0 Å². The molecule has 2 aromatic rings. The van der Waals surface area contributed by atoms with Crippen LogP contribution in [-0.2, 0) is 4.74 Å². The molecule has 12 nitrogen and oxygen atoms in total. The Bertz CT molecular complexity index is 1040. The van der Waals surface area contributed by atoms with Crippen LogP contribution in [0.1, 0.15) is 22.1 Å². The van der Waals surface area contributed by atoms with Crippen molar-refractivity contribution in [3.63, 3.8) is 0 Å². The van der Waals surface area contributed by atoms with E-state index in [0.717, 1.165) is 4.57 Å². The number of H-pyrrole nitrogens is 1. The first-order valence-corrected chi connectivity index (χ1v) is 8.55. The number of ether oxygens (including phenoxy) is 1. The molecule has 4 N–H and O–H groups in total. The number of nitro benzene ring substituents is 1. The predicted molar refractivity (Wildman–Crippen MR) is 97.4 cm³/mol. The Morgan fingerprint density at radius 1 is 1.28 bits per heavy atom. The Balaban J connectivity index is 1.68. The second-order valence-corrected chi connectivity index (χ2v) is 6.54. The van der Waals surface area contributed by atoms with Crippen molar-refractivity contribution in [3.05, 3.63) is 72.5 Å². The number of benzene rings is 1. The van der Waals surface area contributed by atoms with Crippen LogP contribution in [0.5, 0.6) is 0 Å². The number of aryl methyl sites for hydroxylation is 1. The number of aromatic amines is 1. The normalized spacial score (nSPS) is 23.7. The van der Waals surface area contributed by atoms with Crippen LogP contribution in [0, 0.1) is 17.0 Å². The van der Waals surface area contributed by atoms with Crippen molar-refractivity contribution in [1.29, 1.82) is 0 Å². The van der Waals surface area contributed by atoms with E-state index in [4.69, 9.17) is 4.74 Å². The molecule has 0 bridgehead atoms. The summed E-state index contributed by atoms with van der Waals surface area (Å²) in [6.07, 6.45) is -3.96. The molecule has 0 radical (unpaired) electrons. The zero-order valence-corrected chi connectivity index (χ0v) is 15.1. The SMILES string of the molecule is Cc1cn([C@@H]2O[C@H](CNC(=O)c3ccc([N+](=O)[O-])cc3)C(O)C2O)c(=O)[nH]c1=O. The van der Waals surface area contributed by atoms with Gasteiger partial charge >= 0.3 is 5.69 Å². The number of non-ortho nitro benzene ring substituents is 1. The van der Waals surface area contributed by atoms with Gasteiger partial charge in [-0.25, -0.2) is 4.79 Å². The van der Waals surface area contributed by atoms with Crippen molar-refractivity contribution in [2.75, 3.05) is 6.54 Å². The first-order chi connectivity index (χ1) is 13.7. The van der Waals surface area contributed by atoms with Crippen LogP contribution in [0.15, 0.2) is 40.1 Å². The molecule has 4 atom stereocenters. The number of amides is 1. The summed E-state index contributed by atoms with van der Waals surface area (Å²) in [6.45, 7) is 1.27. The van der Waals surface area contributed by atoms with Gasteiger partial charge in [-0.1, -0.05) is 0 Å². The Labute approximate surface area is 162 Å². The Morgan fingerprint density at radius 2 is 1.93 bits per heavy atom. The van der Waals surface area contributed by atoms with Gasteiger partial charge in [-0.05, 0) is 19.1 Å². The zero-order valence-electron chi connectivity index (χ0n) is 15.1. The van der Waals surface area contributed by atoms with E-state index in [1.807, 2.05) is 0 Å². The lowest BCUT2D eigenvalue weighted by Crippen LogP contribution is -2.40. The van der Waals surface area contributed by atoms with E-state index in [1.54, 1.807) is 0 Å². The molecule has 2 heterocycles. The van der Waals surface area contributed by atoms with Crippen molar-refractivity contribution >= 4 is 11.6 Å². The van der Waals surface area contributed by atoms with Gasteiger partial charge in [0.25, 0.3) is 17.2 Å². The summed E-state index contributed by atoms with van der Waals surface area (Å²) in [5.74, 6) is -0.564. The average molecular weight is 406 g/mol. The number of nitro groups is 1. The highest BCUT2D eigenvalue weighted by atomic mass is 16.6. The molecule has 1 fully saturated rings. The Morgan fingerprint density at radius 3 is 2.55 bits per heavy atom. The van der Waals surface area contributed by atoms with Crippen LogP contribution in [0.2, 0.25) is 0 Å². The van der Waals surface area contributed by atoms with Gasteiger partial charge in [-0.3, -0.25) is 29.3 Å². The molecule has 1 aliphatic rings. The number of aromatic nitrogens is 2. The Kier molecular flexibility index (Phi) is 5.59. The quantitative estimate of drug-likeness (QED) is 0.353. The monoisotopic (exact) mass is 406 g/mol. The maximum absolute atomic E-state index is 12.2. The molecule has 0 saturated carbocycles. The molecular formula is C17H18N4O8. The van der Waals surface area contributed by atoms with E-state index < -0.39 is 46.6 Å². The lowest BCUT2D eigenvalue weighted by atomic mass is 10.1. The highest BCUT2D eigenvalue weighted by Gasteiger charge is 2.44. The molecule has 29 heavy (non-hydrogen) atoms. The third-order valence-corrected chi connectivity index (χ3v) is 4.56. The van der Waals surface area contributed by atoms with Gasteiger partial charge in [-0.15, -0.1) is 0 Å². The molecule has 154 valence electrons. The van der Waals surface area contributed by atoms with Crippen LogP contribution >= 0.6 is 0 Å². The molecule has 12 heteroatoms. The van der Waals surface area contributed by atoms with Gasteiger partial charge in [0.1, 0.15) is 18.3 Å². The van der Waals surface area contributed by atoms with Gasteiger partial charge in [0.2, 0.25) is 0 Å². The van der Waals surface area contributed by atoms with E-state index in [2.05, 4.69) is 10.3 Å². The number of hydrogen-bond donors (Lipinski definition) is 4. The number of rotatable bonds is 5. The van der Waals surface area contributed by atoms with Crippen LogP contribution in [-0.4, -0.2) is 55.5 Å². The van der Waals surface area contributed by atoms with Crippen molar-refractivity contribution < 1.29 is 24.7 Å². The van der Waals surface area contributed by atoms with E-state index >= 15 is 0 Å². The predicted octanol–water partition coefficient (Wildman–Crippen LogP) is -1.20. The fourth-order valence-electron chi connectivity index (χ4n) is 2.93. The molecule has 0 spiro atoms. The van der Waals surface area contributed by atoms with Crippen molar-refractivity contribution in [2.45, 2.75) is 31.5 Å². The molecule has 1 amide bonds. The minimum Gasteiger partial charge on any atom is -0.387 e. The van der Waals surface area contributed by atoms with Gasteiger partial charge in [-0.2, -0.15) is 0 Å². The summed E-state index contributed by atoms with van der Waals surface area (Å²) in [7, 11) is 0. The number of nitrogens with one attached hydrogen (secondary N) is 2. The van der Waals surface area contributed by atoms with E-state index in [1.165, 1.54) is 37.4 Å². The topological polar surface area (TPSA) is 177 Å². The van der Waals surface area contributed by atoms with Crippen molar-refractivity contribution in [3.8, 4) is 0 Å². The first kappa shape index (κ1) is 20.4. The molecule has 1 aromatic heterocycles. The highest BCUT2D eigenvalue weighted by molar-refractivity contribution is 5.94. The summed E-state index contributed by atoms with van der Waals surface area (Å²) >= 11 is 0. The number of carbonyl (C=O) groups excluding carboxylic acids is 1. The number of hydrogen-bond acceptors (Lipinski definition) is 8. The zero-order chi connectivity index (χ0) is 21.3. The minimum absolute atomic E-state index is 0.160. The second-order valence-electron chi connectivity index (χ2n) is 6.54. The van der Waals surface area contributed by atoms with E-state index in [0.29, 0.717) is 0 Å². The summed E-state index contributed by atoms with van der Waals surface area (Å²) in [4.78, 5) is 47.8. The third kappa shape index (κ3) is 4.08. The largest absolute Gasteiger partial charge is 0.387 e. The fourth-order valence-corrected chi connectivity index (χ4v) is 2.93. The second kappa shape index (κ2) is 7.95. The molecule has 3 rings (SSSR count). The van der Waals surface area contributed by atoms with Gasteiger partial charge < -0.3 is 20.3 Å². The van der Waals surface area contributed by atoms with Crippen molar-refractivity contribution in [1.82, 2.24) is 14.9 Å². The molecular weight excluding hydrogens is 388 g/mol. The van der Waals surface area contributed by atoms with Crippen LogP contribution in [0.4, 0.5) is 5.69 Å². The molecule has 1 aliphatic heterocycles. The number of aliphatic hydroxyl groups is 2. The molecule has 1 aromatic carbocycles. The lowest BCUT2D eigenvalue weighted by Gasteiger charge is -2.17. The smallest absolute Gasteiger partial charge is 0.330 e. The molecule has 1 saturated heterocycles. The van der Waals surface area contributed by atoms with Gasteiger partial charge in [0, 0.05) is 36.0 Å². The van der Waals surface area contributed by atoms with E-state index in [-0.39, 0.29) is 23.4 Å². The number of aliphatic hydroxyl groups excluding tert-OH is 2. The molecule has 2 unspecified atom stereocenters. The fraction of sp³-hybridized carbons (Fsp3) is 0.353. The van der Waals surface area contributed by atoms with Gasteiger partial charge in [0.05, 0.1) is 4.92 Å². The van der Waals surface area contributed by atoms with E-state index in [9.17, 15) is 34.7 Å². The summed E-state index contributed by atoms with van der Waals surface area (Å²) in [6, 6.07) is 4.92. The van der Waals surface area contributed by atoms with Crippen LogP contribution in [0.25, 0.3) is 0 Å². The first-order valence-electron chi connectivity index (χ1n) is 8.55. The van der Waals surface area contributed by atoms with Crippen molar-refractivity contribution in [2.24, 2.45) is 0 Å². The number of nitrogens with zero attached hydrogens (tertiary/aromatic N) is 2. The third-order valence-electron chi connectivity index (χ3n) is 4.56. The van der Waals surface area contributed by atoms with Crippen LogP contribution < -0.4 is 16.6 Å². The maximum atomic E-state index is 12.2. The highest BCUT2D eigenvalue weighted by Crippen LogP contribution is 2.28. The summed E-state index contributed by atoms with van der Waals surface area (Å²) < 4.78 is 6.48. The standard InChI is InChI=1S/C17H18N4O8/c1-8-7-20(17(26)19-14(8)24)16-13(23)12(22)11(29-16)6-18-15(25)9-2-4-10(5-3-9)21(27)28/h2-5,7,11-13,16,22-23H,6H2,1H3,(H,18,25)(H,19,24,26)/t11-,12?,13?,16-/m1/s1. The summed E-state index contributed by atoms with van der Waals surface area (Å²) in [5.41, 5.74) is -1.18. The Hall–Kier alpha value is -3.35. The lowest BCUT2D eigenvalue weighted by molar-refractivity contribution is -0.384. The average Bonchev–Trinajstić information content (AvgIpc) is 2.97. The summed E-state index contributed by atoms with van der Waals surface area (Å²) in [5, 5.41) is 33.6. The van der Waals surface area contributed by atoms with Gasteiger partial charge in [0.15, 0.2) is 6.23 Å².